The second-order valence-corrected chi connectivity index (χ2v) is 4.96. The Morgan fingerprint density at radius 1 is 1.44 bits per heavy atom. The fourth-order valence-electron chi connectivity index (χ4n) is 2.15. The van der Waals surface area contributed by atoms with E-state index in [0.717, 1.165) is 13.1 Å². The van der Waals surface area contributed by atoms with E-state index >= 15 is 0 Å². The molecule has 16 heavy (non-hydrogen) atoms. The van der Waals surface area contributed by atoms with Crippen LogP contribution in [-0.2, 0) is 0 Å². The number of halogens is 1. The molecule has 1 aromatic rings. The molecule has 0 bridgehead atoms. The Kier molecular flexibility index (Phi) is 2.37. The van der Waals surface area contributed by atoms with Gasteiger partial charge in [-0.25, -0.2) is 9.18 Å². The first-order valence-corrected chi connectivity index (χ1v) is 5.17. The lowest BCUT2D eigenvalue weighted by molar-refractivity contribution is 0.0691. The van der Waals surface area contributed by atoms with E-state index < -0.39 is 11.8 Å². The van der Waals surface area contributed by atoms with Crippen LogP contribution in [0, 0.1) is 11.2 Å². The fourth-order valence-corrected chi connectivity index (χ4v) is 2.15. The van der Waals surface area contributed by atoms with Crippen LogP contribution in [0.3, 0.4) is 0 Å². The van der Waals surface area contributed by atoms with E-state index in [-0.39, 0.29) is 11.0 Å². The highest BCUT2D eigenvalue weighted by atomic mass is 19.1. The molecule has 1 heterocycles. The van der Waals surface area contributed by atoms with Crippen LogP contribution in [0.4, 0.5) is 10.1 Å². The Labute approximate surface area is 93.5 Å². The first kappa shape index (κ1) is 10.9. The molecule has 0 spiro atoms. The normalized spacial score (nSPS) is 18.1. The molecule has 1 saturated heterocycles. The molecule has 1 N–H and O–H groups in total. The average molecular weight is 223 g/mol. The van der Waals surface area contributed by atoms with Gasteiger partial charge in [-0.3, -0.25) is 0 Å². The van der Waals surface area contributed by atoms with Gasteiger partial charge in [-0.05, 0) is 17.5 Å². The molecule has 1 aromatic carbocycles. The van der Waals surface area contributed by atoms with Crippen molar-refractivity contribution in [3.8, 4) is 0 Å². The standard InChI is InChI=1S/C12H14FNO2/c1-12(2)6-14(7-12)9-5-3-4-8(13)10(9)11(15)16/h3-5H,6-7H2,1-2H3,(H,15,16). The van der Waals surface area contributed by atoms with E-state index in [2.05, 4.69) is 13.8 Å². The van der Waals surface area contributed by atoms with Gasteiger partial charge in [0.2, 0.25) is 0 Å². The smallest absolute Gasteiger partial charge is 0.340 e. The maximum atomic E-state index is 13.4. The summed E-state index contributed by atoms with van der Waals surface area (Å²) in [5, 5.41) is 8.98. The molecule has 1 fully saturated rings. The monoisotopic (exact) mass is 223 g/mol. The van der Waals surface area contributed by atoms with Crippen molar-refractivity contribution < 1.29 is 14.3 Å². The van der Waals surface area contributed by atoms with Crippen molar-refractivity contribution in [3.63, 3.8) is 0 Å². The number of carboxylic acid groups (broad SMARTS) is 1. The summed E-state index contributed by atoms with van der Waals surface area (Å²) in [5.41, 5.74) is 0.437. The Hall–Kier alpha value is -1.58. The van der Waals surface area contributed by atoms with Gasteiger partial charge in [0.25, 0.3) is 0 Å². The molecular formula is C12H14FNO2. The van der Waals surface area contributed by atoms with E-state index in [4.69, 9.17) is 5.11 Å². The number of anilines is 1. The van der Waals surface area contributed by atoms with Crippen LogP contribution in [0.15, 0.2) is 18.2 Å². The molecule has 0 saturated carbocycles. The molecule has 1 aliphatic rings. The summed E-state index contributed by atoms with van der Waals surface area (Å²) in [4.78, 5) is 12.9. The van der Waals surface area contributed by atoms with Crippen molar-refractivity contribution in [2.45, 2.75) is 13.8 Å². The summed E-state index contributed by atoms with van der Waals surface area (Å²) in [6, 6.07) is 4.38. The van der Waals surface area contributed by atoms with Crippen LogP contribution in [0.1, 0.15) is 24.2 Å². The summed E-state index contributed by atoms with van der Waals surface area (Å²) >= 11 is 0. The third-order valence-electron chi connectivity index (χ3n) is 2.78. The minimum absolute atomic E-state index is 0.183. The number of carboxylic acids is 1. The lowest BCUT2D eigenvalue weighted by Crippen LogP contribution is -2.53. The van der Waals surface area contributed by atoms with Crippen LogP contribution in [0.2, 0.25) is 0 Å². The maximum absolute atomic E-state index is 13.4. The topological polar surface area (TPSA) is 40.5 Å². The Morgan fingerprint density at radius 2 is 2.06 bits per heavy atom. The number of carbonyl (C=O) groups is 1. The summed E-state index contributed by atoms with van der Waals surface area (Å²) < 4.78 is 13.4. The number of aromatic carboxylic acids is 1. The minimum Gasteiger partial charge on any atom is -0.478 e. The predicted molar refractivity (Wildman–Crippen MR) is 59.4 cm³/mol. The number of benzene rings is 1. The zero-order valence-corrected chi connectivity index (χ0v) is 9.33. The van der Waals surface area contributed by atoms with Gasteiger partial charge >= 0.3 is 5.97 Å². The minimum atomic E-state index is -1.21. The maximum Gasteiger partial charge on any atom is 0.340 e. The van der Waals surface area contributed by atoms with Crippen LogP contribution < -0.4 is 4.90 Å². The molecular weight excluding hydrogens is 209 g/mol. The summed E-state index contributed by atoms with van der Waals surface area (Å²) in [6.07, 6.45) is 0. The first-order valence-electron chi connectivity index (χ1n) is 5.17. The quantitative estimate of drug-likeness (QED) is 0.836. The van der Waals surface area contributed by atoms with Gasteiger partial charge in [-0.2, -0.15) is 0 Å². The third kappa shape index (κ3) is 1.75. The van der Waals surface area contributed by atoms with Crippen LogP contribution >= 0.6 is 0 Å². The van der Waals surface area contributed by atoms with Gasteiger partial charge in [0.1, 0.15) is 11.4 Å². The number of nitrogens with zero attached hydrogens (tertiary/aromatic N) is 1. The Balaban J connectivity index is 2.35. The largest absolute Gasteiger partial charge is 0.478 e. The molecule has 0 aromatic heterocycles. The number of hydrogen-bond donors (Lipinski definition) is 1. The zero-order chi connectivity index (χ0) is 11.9. The van der Waals surface area contributed by atoms with Gasteiger partial charge < -0.3 is 10.0 Å². The van der Waals surface area contributed by atoms with Crippen molar-refractivity contribution >= 4 is 11.7 Å². The zero-order valence-electron chi connectivity index (χ0n) is 9.33. The molecule has 0 radical (unpaired) electrons. The summed E-state index contributed by atoms with van der Waals surface area (Å²) in [5.74, 6) is -1.88. The van der Waals surface area contributed by atoms with Crippen molar-refractivity contribution in [3.05, 3.63) is 29.6 Å². The van der Waals surface area contributed by atoms with Crippen molar-refractivity contribution in [1.82, 2.24) is 0 Å². The van der Waals surface area contributed by atoms with Crippen molar-refractivity contribution in [2.75, 3.05) is 18.0 Å². The third-order valence-corrected chi connectivity index (χ3v) is 2.78. The van der Waals surface area contributed by atoms with E-state index in [9.17, 15) is 9.18 Å². The lowest BCUT2D eigenvalue weighted by Gasteiger charge is -2.47. The van der Waals surface area contributed by atoms with Gasteiger partial charge in [-0.15, -0.1) is 0 Å². The molecule has 1 aliphatic heterocycles. The molecule has 4 heteroatoms. The Morgan fingerprint density at radius 3 is 2.56 bits per heavy atom. The van der Waals surface area contributed by atoms with Crippen LogP contribution in [0.5, 0.6) is 0 Å². The fraction of sp³-hybridized carbons (Fsp3) is 0.417. The number of rotatable bonds is 2. The van der Waals surface area contributed by atoms with Gasteiger partial charge in [-0.1, -0.05) is 19.9 Å². The number of hydrogen-bond acceptors (Lipinski definition) is 2. The molecule has 86 valence electrons. The summed E-state index contributed by atoms with van der Waals surface area (Å²) in [6.45, 7) is 5.72. The van der Waals surface area contributed by atoms with E-state index in [1.165, 1.54) is 6.07 Å². The van der Waals surface area contributed by atoms with E-state index in [1.54, 1.807) is 12.1 Å². The van der Waals surface area contributed by atoms with Crippen molar-refractivity contribution in [1.29, 1.82) is 0 Å². The SMILES string of the molecule is CC1(C)CN(c2cccc(F)c2C(=O)O)C1. The molecule has 2 rings (SSSR count). The van der Waals surface area contributed by atoms with E-state index in [0.29, 0.717) is 5.69 Å². The highest BCUT2D eigenvalue weighted by Crippen LogP contribution is 2.35. The molecule has 0 amide bonds. The highest BCUT2D eigenvalue weighted by Gasteiger charge is 2.36. The summed E-state index contributed by atoms with van der Waals surface area (Å²) in [7, 11) is 0. The second-order valence-electron chi connectivity index (χ2n) is 4.96. The van der Waals surface area contributed by atoms with Crippen LogP contribution in [0.25, 0.3) is 0 Å². The molecule has 0 aliphatic carbocycles. The molecule has 0 unspecified atom stereocenters. The van der Waals surface area contributed by atoms with E-state index in [1.807, 2.05) is 4.90 Å². The Bertz CT molecular complexity index is 435. The first-order chi connectivity index (χ1) is 7.41. The lowest BCUT2D eigenvalue weighted by atomic mass is 9.83. The van der Waals surface area contributed by atoms with Crippen LogP contribution in [-0.4, -0.2) is 24.2 Å². The predicted octanol–water partition coefficient (Wildman–Crippen LogP) is 2.37. The molecule has 0 atom stereocenters. The highest BCUT2D eigenvalue weighted by molar-refractivity contribution is 5.95. The van der Waals surface area contributed by atoms with Crippen molar-refractivity contribution in [2.24, 2.45) is 5.41 Å². The van der Waals surface area contributed by atoms with Gasteiger partial charge in [0, 0.05) is 13.1 Å². The van der Waals surface area contributed by atoms with Gasteiger partial charge in [0.05, 0.1) is 5.69 Å². The molecule has 3 nitrogen and oxygen atoms in total. The van der Waals surface area contributed by atoms with Gasteiger partial charge in [0.15, 0.2) is 0 Å². The second kappa shape index (κ2) is 3.47. The average Bonchev–Trinajstić information content (AvgIpc) is 2.12.